The molecule has 0 saturated carbocycles. The summed E-state index contributed by atoms with van der Waals surface area (Å²) in [6, 6.07) is 7.11. The van der Waals surface area contributed by atoms with Crippen LogP contribution in [0.2, 0.25) is 0 Å². The standard InChI is InChI=1S/C18H24N6O4S/c1-13(17(25)21-14-3-5-15(6-4-14)29(19,26)27)23-9-11-24(12-10-23)18-20-8-7-16(22-18)28-2/h3-8,13H,9-12H2,1-2H3,(H,21,25)(H2,19,26,27). The first-order chi connectivity index (χ1) is 13.8. The van der Waals surface area contributed by atoms with Crippen molar-refractivity contribution in [1.82, 2.24) is 14.9 Å². The molecule has 156 valence electrons. The third-order valence-corrected chi connectivity index (χ3v) is 5.73. The third-order valence-electron chi connectivity index (χ3n) is 4.80. The van der Waals surface area contributed by atoms with E-state index in [2.05, 4.69) is 25.1 Å². The molecule has 11 heteroatoms. The van der Waals surface area contributed by atoms with E-state index in [1.807, 2.05) is 6.92 Å². The van der Waals surface area contributed by atoms with Crippen LogP contribution in [0.15, 0.2) is 41.4 Å². The Morgan fingerprint density at radius 3 is 2.41 bits per heavy atom. The van der Waals surface area contributed by atoms with E-state index < -0.39 is 10.0 Å². The predicted molar refractivity (Wildman–Crippen MR) is 108 cm³/mol. The van der Waals surface area contributed by atoms with Crippen molar-refractivity contribution in [3.8, 4) is 5.88 Å². The van der Waals surface area contributed by atoms with Crippen LogP contribution in [0.4, 0.5) is 11.6 Å². The summed E-state index contributed by atoms with van der Waals surface area (Å²) in [5.74, 6) is 0.953. The summed E-state index contributed by atoms with van der Waals surface area (Å²) >= 11 is 0. The van der Waals surface area contributed by atoms with Crippen LogP contribution < -0.4 is 20.1 Å². The van der Waals surface area contributed by atoms with E-state index in [-0.39, 0.29) is 16.8 Å². The number of aromatic nitrogens is 2. The molecule has 1 fully saturated rings. The summed E-state index contributed by atoms with van der Waals surface area (Å²) in [6.45, 7) is 4.58. The zero-order valence-corrected chi connectivity index (χ0v) is 17.1. The monoisotopic (exact) mass is 420 g/mol. The van der Waals surface area contributed by atoms with Crippen molar-refractivity contribution < 1.29 is 17.9 Å². The SMILES string of the molecule is COc1ccnc(N2CCN(C(C)C(=O)Nc3ccc(S(N)(=O)=O)cc3)CC2)n1. The smallest absolute Gasteiger partial charge is 0.241 e. The van der Waals surface area contributed by atoms with Crippen molar-refractivity contribution in [2.45, 2.75) is 17.9 Å². The first-order valence-corrected chi connectivity index (χ1v) is 10.6. The minimum Gasteiger partial charge on any atom is -0.481 e. The summed E-state index contributed by atoms with van der Waals surface area (Å²) in [5, 5.41) is 7.89. The van der Waals surface area contributed by atoms with Crippen LogP contribution in [0.3, 0.4) is 0 Å². The largest absolute Gasteiger partial charge is 0.481 e. The zero-order valence-electron chi connectivity index (χ0n) is 16.3. The number of rotatable bonds is 6. The first-order valence-electron chi connectivity index (χ1n) is 9.07. The number of carbonyl (C=O) groups is 1. The molecule has 2 aromatic rings. The Balaban J connectivity index is 1.55. The van der Waals surface area contributed by atoms with Crippen LogP contribution in [0.5, 0.6) is 5.88 Å². The van der Waals surface area contributed by atoms with E-state index in [0.717, 1.165) is 0 Å². The molecule has 1 aliphatic heterocycles. The number of primary sulfonamides is 1. The number of anilines is 2. The van der Waals surface area contributed by atoms with Gasteiger partial charge < -0.3 is 15.0 Å². The van der Waals surface area contributed by atoms with E-state index in [4.69, 9.17) is 9.88 Å². The first kappa shape index (κ1) is 21.0. The van der Waals surface area contributed by atoms with Gasteiger partial charge in [-0.2, -0.15) is 4.98 Å². The van der Waals surface area contributed by atoms with Crippen LogP contribution >= 0.6 is 0 Å². The summed E-state index contributed by atoms with van der Waals surface area (Å²) in [7, 11) is -2.20. The lowest BCUT2D eigenvalue weighted by molar-refractivity contribution is -0.120. The number of hydrogen-bond acceptors (Lipinski definition) is 8. The highest BCUT2D eigenvalue weighted by Crippen LogP contribution is 2.17. The van der Waals surface area contributed by atoms with Gasteiger partial charge in [-0.25, -0.2) is 18.5 Å². The topological polar surface area (TPSA) is 131 Å². The molecule has 0 radical (unpaired) electrons. The molecule has 29 heavy (non-hydrogen) atoms. The summed E-state index contributed by atoms with van der Waals surface area (Å²) in [6.07, 6.45) is 1.66. The second-order valence-corrected chi connectivity index (χ2v) is 8.22. The number of ether oxygens (including phenoxy) is 1. The van der Waals surface area contributed by atoms with Crippen molar-refractivity contribution in [1.29, 1.82) is 0 Å². The lowest BCUT2D eigenvalue weighted by Gasteiger charge is -2.37. The number of benzene rings is 1. The summed E-state index contributed by atoms with van der Waals surface area (Å²) in [5.41, 5.74) is 0.512. The van der Waals surface area contributed by atoms with Crippen molar-refractivity contribution in [2.75, 3.05) is 43.5 Å². The molecule has 3 N–H and O–H groups in total. The van der Waals surface area contributed by atoms with Crippen molar-refractivity contribution in [3.63, 3.8) is 0 Å². The van der Waals surface area contributed by atoms with E-state index in [9.17, 15) is 13.2 Å². The van der Waals surface area contributed by atoms with Crippen LogP contribution in [0.1, 0.15) is 6.92 Å². The van der Waals surface area contributed by atoms with Crippen molar-refractivity contribution in [2.24, 2.45) is 5.14 Å². The maximum atomic E-state index is 12.6. The third kappa shape index (κ3) is 5.19. The number of carbonyl (C=O) groups excluding carboxylic acids is 1. The molecule has 1 aromatic carbocycles. The van der Waals surface area contributed by atoms with Crippen LogP contribution in [-0.4, -0.2) is 68.5 Å². The normalized spacial score (nSPS) is 16.3. The van der Waals surface area contributed by atoms with Gasteiger partial charge >= 0.3 is 0 Å². The maximum absolute atomic E-state index is 12.6. The van der Waals surface area contributed by atoms with Gasteiger partial charge in [0.2, 0.25) is 27.8 Å². The van der Waals surface area contributed by atoms with Gasteiger partial charge in [0, 0.05) is 44.1 Å². The van der Waals surface area contributed by atoms with E-state index in [1.54, 1.807) is 19.4 Å². The molecule has 1 unspecified atom stereocenters. The fourth-order valence-electron chi connectivity index (χ4n) is 3.05. The maximum Gasteiger partial charge on any atom is 0.241 e. The lowest BCUT2D eigenvalue weighted by atomic mass is 10.2. The molecule has 1 aliphatic rings. The minimum atomic E-state index is -3.76. The fourth-order valence-corrected chi connectivity index (χ4v) is 3.56. The van der Waals surface area contributed by atoms with Gasteiger partial charge in [0.15, 0.2) is 0 Å². The number of methoxy groups -OCH3 is 1. The molecule has 1 saturated heterocycles. The van der Waals surface area contributed by atoms with Crippen LogP contribution in [0, 0.1) is 0 Å². The number of piperazine rings is 1. The van der Waals surface area contributed by atoms with Gasteiger partial charge in [-0.15, -0.1) is 0 Å². The number of amides is 1. The van der Waals surface area contributed by atoms with E-state index >= 15 is 0 Å². The van der Waals surface area contributed by atoms with Gasteiger partial charge in [-0.1, -0.05) is 0 Å². The molecule has 1 amide bonds. The number of nitrogens with two attached hydrogens (primary N) is 1. The van der Waals surface area contributed by atoms with Crippen molar-refractivity contribution in [3.05, 3.63) is 36.5 Å². The Labute approximate surface area is 169 Å². The molecule has 0 aliphatic carbocycles. The minimum absolute atomic E-state index is 0.000527. The number of sulfonamides is 1. The van der Waals surface area contributed by atoms with Gasteiger partial charge in [0.1, 0.15) is 0 Å². The molecule has 1 atom stereocenters. The second-order valence-electron chi connectivity index (χ2n) is 6.66. The Morgan fingerprint density at radius 2 is 1.83 bits per heavy atom. The second kappa shape index (κ2) is 8.72. The van der Waals surface area contributed by atoms with Gasteiger partial charge in [0.25, 0.3) is 0 Å². The Hall–Kier alpha value is -2.76. The van der Waals surface area contributed by atoms with E-state index in [0.29, 0.717) is 43.7 Å². The number of nitrogens with one attached hydrogen (secondary N) is 1. The molecule has 3 rings (SSSR count). The van der Waals surface area contributed by atoms with Crippen LogP contribution in [-0.2, 0) is 14.8 Å². The molecular weight excluding hydrogens is 396 g/mol. The Kier molecular flexibility index (Phi) is 6.30. The molecule has 1 aromatic heterocycles. The van der Waals surface area contributed by atoms with Crippen LogP contribution in [0.25, 0.3) is 0 Å². The molecule has 10 nitrogen and oxygen atoms in total. The Morgan fingerprint density at radius 1 is 1.17 bits per heavy atom. The summed E-state index contributed by atoms with van der Waals surface area (Å²) < 4.78 is 27.8. The highest BCUT2D eigenvalue weighted by molar-refractivity contribution is 7.89. The average molecular weight is 420 g/mol. The average Bonchev–Trinajstić information content (AvgIpc) is 2.73. The highest BCUT2D eigenvalue weighted by Gasteiger charge is 2.26. The number of hydrogen-bond donors (Lipinski definition) is 2. The molecule has 0 spiro atoms. The quantitative estimate of drug-likeness (QED) is 0.681. The molecule has 0 bridgehead atoms. The van der Waals surface area contributed by atoms with Crippen molar-refractivity contribution >= 4 is 27.6 Å². The zero-order chi connectivity index (χ0) is 21.0. The summed E-state index contributed by atoms with van der Waals surface area (Å²) in [4.78, 5) is 25.3. The van der Waals surface area contributed by atoms with E-state index in [1.165, 1.54) is 24.3 Å². The lowest BCUT2D eigenvalue weighted by Crippen LogP contribution is -2.53. The molecule has 2 heterocycles. The Bertz CT molecular complexity index is 959. The fraction of sp³-hybridized carbons (Fsp3) is 0.389. The predicted octanol–water partition coefficient (Wildman–Crippen LogP) is 0.282. The molecular formula is C18H24N6O4S. The van der Waals surface area contributed by atoms with Gasteiger partial charge in [-0.3, -0.25) is 9.69 Å². The number of nitrogens with zero attached hydrogens (tertiary/aromatic N) is 4. The highest BCUT2D eigenvalue weighted by atomic mass is 32.2. The van der Waals surface area contributed by atoms with Gasteiger partial charge in [0.05, 0.1) is 18.0 Å². The van der Waals surface area contributed by atoms with Gasteiger partial charge in [-0.05, 0) is 31.2 Å².